The third kappa shape index (κ3) is 3.52. The van der Waals surface area contributed by atoms with E-state index in [1.54, 1.807) is 31.2 Å². The van der Waals surface area contributed by atoms with Crippen molar-refractivity contribution in [1.29, 1.82) is 0 Å². The first kappa shape index (κ1) is 14.0. The summed E-state index contributed by atoms with van der Waals surface area (Å²) in [5, 5.41) is 3.10. The maximum Gasteiger partial charge on any atom is 0.338 e. The van der Waals surface area contributed by atoms with E-state index in [1.807, 2.05) is 6.07 Å². The maximum absolute atomic E-state index is 11.7. The predicted molar refractivity (Wildman–Crippen MR) is 75.6 cm³/mol. The van der Waals surface area contributed by atoms with Crippen molar-refractivity contribution in [2.24, 2.45) is 5.73 Å². The molecular formula is C14H16N4O2. The minimum atomic E-state index is -0.346. The summed E-state index contributed by atoms with van der Waals surface area (Å²) in [7, 11) is 0. The monoisotopic (exact) mass is 272 g/mol. The third-order valence-electron chi connectivity index (χ3n) is 2.58. The van der Waals surface area contributed by atoms with Crippen molar-refractivity contribution in [3.63, 3.8) is 0 Å². The molecule has 0 aliphatic heterocycles. The summed E-state index contributed by atoms with van der Waals surface area (Å²) in [5.41, 5.74) is 7.51. The molecule has 6 heteroatoms. The van der Waals surface area contributed by atoms with Crippen LogP contribution in [0.4, 0.5) is 11.5 Å². The fraction of sp³-hybridized carbons (Fsp3) is 0.214. The Morgan fingerprint density at radius 2 is 2.20 bits per heavy atom. The molecule has 1 heterocycles. The van der Waals surface area contributed by atoms with E-state index in [2.05, 4.69) is 15.3 Å². The second kappa shape index (κ2) is 6.63. The van der Waals surface area contributed by atoms with Crippen molar-refractivity contribution in [2.75, 3.05) is 11.9 Å². The van der Waals surface area contributed by atoms with E-state index in [0.29, 0.717) is 24.5 Å². The van der Waals surface area contributed by atoms with Crippen LogP contribution in [0.2, 0.25) is 0 Å². The van der Waals surface area contributed by atoms with Crippen molar-refractivity contribution in [1.82, 2.24) is 9.97 Å². The average molecular weight is 272 g/mol. The van der Waals surface area contributed by atoms with Crippen LogP contribution in [-0.2, 0) is 11.3 Å². The van der Waals surface area contributed by atoms with Gasteiger partial charge in [-0.1, -0.05) is 6.07 Å². The van der Waals surface area contributed by atoms with Crippen LogP contribution in [0.1, 0.15) is 23.0 Å². The highest BCUT2D eigenvalue weighted by atomic mass is 16.5. The van der Waals surface area contributed by atoms with Crippen molar-refractivity contribution >= 4 is 17.5 Å². The van der Waals surface area contributed by atoms with Crippen molar-refractivity contribution in [3.8, 4) is 0 Å². The predicted octanol–water partition coefficient (Wildman–Crippen LogP) is 1.86. The number of carbonyl (C=O) groups is 1. The Labute approximate surface area is 117 Å². The molecule has 104 valence electrons. The van der Waals surface area contributed by atoms with Gasteiger partial charge in [-0.15, -0.1) is 0 Å². The summed E-state index contributed by atoms with van der Waals surface area (Å²) in [6, 6.07) is 8.79. The molecule has 0 amide bonds. The molecule has 0 fully saturated rings. The molecule has 20 heavy (non-hydrogen) atoms. The van der Waals surface area contributed by atoms with Gasteiger partial charge >= 0.3 is 5.97 Å². The lowest BCUT2D eigenvalue weighted by molar-refractivity contribution is 0.0526. The highest BCUT2D eigenvalue weighted by molar-refractivity contribution is 5.90. The topological polar surface area (TPSA) is 90.1 Å². The summed E-state index contributed by atoms with van der Waals surface area (Å²) < 4.78 is 4.96. The van der Waals surface area contributed by atoms with Crippen molar-refractivity contribution in [2.45, 2.75) is 13.5 Å². The summed E-state index contributed by atoms with van der Waals surface area (Å²) in [6.07, 6.45) is 1.44. The first-order valence-electron chi connectivity index (χ1n) is 6.28. The number of nitrogens with two attached hydrogens (primary N) is 1. The third-order valence-corrected chi connectivity index (χ3v) is 2.58. The van der Waals surface area contributed by atoms with Crippen molar-refractivity contribution in [3.05, 3.63) is 47.9 Å². The van der Waals surface area contributed by atoms with Crippen LogP contribution in [0, 0.1) is 0 Å². The average Bonchev–Trinajstić information content (AvgIpc) is 2.48. The Morgan fingerprint density at radius 1 is 1.35 bits per heavy atom. The molecule has 0 saturated heterocycles. The van der Waals surface area contributed by atoms with Crippen LogP contribution in [0.3, 0.4) is 0 Å². The van der Waals surface area contributed by atoms with Gasteiger partial charge in [0.1, 0.15) is 12.1 Å². The van der Waals surface area contributed by atoms with Crippen LogP contribution < -0.4 is 11.1 Å². The molecule has 0 unspecified atom stereocenters. The second-order valence-electron chi connectivity index (χ2n) is 4.02. The van der Waals surface area contributed by atoms with Crippen LogP contribution in [0.25, 0.3) is 0 Å². The van der Waals surface area contributed by atoms with Gasteiger partial charge in [-0.2, -0.15) is 0 Å². The minimum absolute atomic E-state index is 0.346. The SMILES string of the molecule is CCOC(=O)c1cccc(Nc2cc(CN)ncn2)c1. The molecule has 2 aromatic rings. The van der Waals surface area contributed by atoms with E-state index in [9.17, 15) is 4.79 Å². The number of nitrogens with zero attached hydrogens (tertiary/aromatic N) is 2. The molecule has 6 nitrogen and oxygen atoms in total. The Morgan fingerprint density at radius 3 is 2.95 bits per heavy atom. The molecule has 0 radical (unpaired) electrons. The summed E-state index contributed by atoms with van der Waals surface area (Å²) in [4.78, 5) is 19.8. The number of nitrogens with one attached hydrogen (secondary N) is 1. The number of benzene rings is 1. The highest BCUT2D eigenvalue weighted by Gasteiger charge is 2.07. The van der Waals surface area contributed by atoms with Crippen LogP contribution in [-0.4, -0.2) is 22.5 Å². The quantitative estimate of drug-likeness (QED) is 0.807. The van der Waals surface area contributed by atoms with E-state index in [1.165, 1.54) is 6.33 Å². The van der Waals surface area contributed by atoms with E-state index in [4.69, 9.17) is 10.5 Å². The second-order valence-corrected chi connectivity index (χ2v) is 4.02. The number of ether oxygens (including phenoxy) is 1. The van der Waals surface area contributed by atoms with Crippen LogP contribution >= 0.6 is 0 Å². The van der Waals surface area contributed by atoms with E-state index in [0.717, 1.165) is 11.4 Å². The zero-order valence-electron chi connectivity index (χ0n) is 11.2. The number of rotatable bonds is 5. The van der Waals surface area contributed by atoms with Gasteiger partial charge in [0.2, 0.25) is 0 Å². The fourth-order valence-electron chi connectivity index (χ4n) is 1.66. The Balaban J connectivity index is 2.16. The van der Waals surface area contributed by atoms with Crippen LogP contribution in [0.15, 0.2) is 36.7 Å². The molecule has 0 aliphatic rings. The number of aromatic nitrogens is 2. The van der Waals surface area contributed by atoms with Crippen LogP contribution in [0.5, 0.6) is 0 Å². The van der Waals surface area contributed by atoms with E-state index in [-0.39, 0.29) is 5.97 Å². The van der Waals surface area contributed by atoms with Gasteiger partial charge in [0, 0.05) is 18.3 Å². The zero-order valence-corrected chi connectivity index (χ0v) is 11.2. The Hall–Kier alpha value is -2.47. The zero-order chi connectivity index (χ0) is 14.4. The molecule has 0 spiro atoms. The molecule has 0 aliphatic carbocycles. The summed E-state index contributed by atoms with van der Waals surface area (Å²) in [5.74, 6) is 0.281. The molecule has 2 rings (SSSR count). The van der Waals surface area contributed by atoms with Gasteiger partial charge in [0.25, 0.3) is 0 Å². The number of hydrogen-bond donors (Lipinski definition) is 2. The molecule has 3 N–H and O–H groups in total. The largest absolute Gasteiger partial charge is 0.462 e. The lowest BCUT2D eigenvalue weighted by atomic mass is 10.2. The fourth-order valence-corrected chi connectivity index (χ4v) is 1.66. The highest BCUT2D eigenvalue weighted by Crippen LogP contribution is 2.16. The van der Waals surface area contributed by atoms with Gasteiger partial charge in [0.15, 0.2) is 0 Å². The van der Waals surface area contributed by atoms with Gasteiger partial charge in [0.05, 0.1) is 17.9 Å². The van der Waals surface area contributed by atoms with Gasteiger partial charge < -0.3 is 15.8 Å². The van der Waals surface area contributed by atoms with Gasteiger partial charge in [-0.25, -0.2) is 14.8 Å². The summed E-state index contributed by atoms with van der Waals surface area (Å²) >= 11 is 0. The lowest BCUT2D eigenvalue weighted by Crippen LogP contribution is -2.05. The molecule has 1 aromatic carbocycles. The molecule has 1 aromatic heterocycles. The Bertz CT molecular complexity index is 601. The molecule has 0 atom stereocenters. The molecular weight excluding hydrogens is 256 g/mol. The van der Waals surface area contributed by atoms with E-state index < -0.39 is 0 Å². The number of carbonyl (C=O) groups excluding carboxylic acids is 1. The normalized spacial score (nSPS) is 10.1. The van der Waals surface area contributed by atoms with Gasteiger partial charge in [-0.3, -0.25) is 0 Å². The lowest BCUT2D eigenvalue weighted by Gasteiger charge is -2.08. The summed E-state index contributed by atoms with van der Waals surface area (Å²) in [6.45, 7) is 2.47. The number of anilines is 2. The molecule has 0 bridgehead atoms. The minimum Gasteiger partial charge on any atom is -0.462 e. The number of hydrogen-bond acceptors (Lipinski definition) is 6. The first-order valence-corrected chi connectivity index (χ1v) is 6.28. The Kier molecular flexibility index (Phi) is 4.62. The standard InChI is InChI=1S/C14H16N4O2/c1-2-20-14(19)10-4-3-5-11(6-10)18-13-7-12(8-15)16-9-17-13/h3-7,9H,2,8,15H2,1H3,(H,16,17,18). The first-order chi connectivity index (χ1) is 9.72. The van der Waals surface area contributed by atoms with Gasteiger partial charge in [-0.05, 0) is 25.1 Å². The van der Waals surface area contributed by atoms with Crippen molar-refractivity contribution < 1.29 is 9.53 Å². The smallest absolute Gasteiger partial charge is 0.338 e. The maximum atomic E-state index is 11.7. The number of esters is 1. The molecule has 0 saturated carbocycles. The van der Waals surface area contributed by atoms with E-state index >= 15 is 0 Å².